The van der Waals surface area contributed by atoms with E-state index in [4.69, 9.17) is 0 Å². The van der Waals surface area contributed by atoms with Crippen molar-refractivity contribution in [1.29, 1.82) is 0 Å². The molecule has 1 N–H and O–H groups in total. The zero-order valence-corrected chi connectivity index (χ0v) is 11.9. The van der Waals surface area contributed by atoms with E-state index in [1.807, 2.05) is 13.8 Å². The lowest BCUT2D eigenvalue weighted by Crippen LogP contribution is -2.39. The molecule has 4 heteroatoms. The Bertz CT molecular complexity index is 441. The van der Waals surface area contributed by atoms with Crippen LogP contribution in [0, 0.1) is 0 Å². The third-order valence-electron chi connectivity index (χ3n) is 3.37. The molecule has 0 saturated carbocycles. The van der Waals surface area contributed by atoms with E-state index in [2.05, 4.69) is 24.1 Å². The highest BCUT2D eigenvalue weighted by Gasteiger charge is 2.22. The minimum atomic E-state index is -0.346. The monoisotopic (exact) mass is 252 g/mol. The first kappa shape index (κ1) is 14.9. The standard InChI is InChI=1S/C14H24N2O2/c1-5-16(6-2)9-7-8-15-12-11(10(3)4)13(17)14(12)18/h10,15H,5-9H2,1-4H3. The molecule has 0 amide bonds. The van der Waals surface area contributed by atoms with Crippen molar-refractivity contribution < 1.29 is 0 Å². The van der Waals surface area contributed by atoms with Gasteiger partial charge in [0.1, 0.15) is 0 Å². The van der Waals surface area contributed by atoms with Gasteiger partial charge < -0.3 is 10.2 Å². The van der Waals surface area contributed by atoms with Gasteiger partial charge in [-0.3, -0.25) is 9.59 Å². The zero-order valence-electron chi connectivity index (χ0n) is 11.9. The highest BCUT2D eigenvalue weighted by molar-refractivity contribution is 5.57. The van der Waals surface area contributed by atoms with Gasteiger partial charge in [-0.2, -0.15) is 0 Å². The molecule has 0 fully saturated rings. The lowest BCUT2D eigenvalue weighted by Gasteiger charge is -2.19. The van der Waals surface area contributed by atoms with Crippen LogP contribution in [0.4, 0.5) is 5.69 Å². The van der Waals surface area contributed by atoms with Crippen molar-refractivity contribution in [3.63, 3.8) is 0 Å². The summed E-state index contributed by atoms with van der Waals surface area (Å²) in [6, 6.07) is 0. The predicted octanol–water partition coefficient (Wildman–Crippen LogP) is 1.55. The normalized spacial score (nSPS) is 11.7. The molecule has 1 rings (SSSR count). The molecule has 0 aliphatic carbocycles. The summed E-state index contributed by atoms with van der Waals surface area (Å²) in [4.78, 5) is 25.2. The summed E-state index contributed by atoms with van der Waals surface area (Å²) in [5.74, 6) is 0.125. The van der Waals surface area contributed by atoms with Crippen molar-refractivity contribution in [2.24, 2.45) is 0 Å². The molecule has 1 aromatic rings. The second-order valence-electron chi connectivity index (χ2n) is 4.91. The highest BCUT2D eigenvalue weighted by atomic mass is 16.2. The van der Waals surface area contributed by atoms with Gasteiger partial charge in [-0.25, -0.2) is 0 Å². The van der Waals surface area contributed by atoms with Crippen molar-refractivity contribution in [3.05, 3.63) is 26.0 Å². The Morgan fingerprint density at radius 2 is 1.72 bits per heavy atom. The number of hydrogen-bond donors (Lipinski definition) is 1. The van der Waals surface area contributed by atoms with Crippen molar-refractivity contribution >= 4 is 5.69 Å². The Labute approximate surface area is 109 Å². The van der Waals surface area contributed by atoms with Crippen LogP contribution in [0.15, 0.2) is 9.59 Å². The molecule has 0 aliphatic rings. The van der Waals surface area contributed by atoms with Gasteiger partial charge in [0.2, 0.25) is 10.9 Å². The molecule has 1 aromatic carbocycles. The lowest BCUT2D eigenvalue weighted by molar-refractivity contribution is 0.303. The molecule has 18 heavy (non-hydrogen) atoms. The molecule has 0 heterocycles. The summed E-state index contributed by atoms with van der Waals surface area (Å²) in [7, 11) is 0. The Morgan fingerprint density at radius 1 is 1.11 bits per heavy atom. The van der Waals surface area contributed by atoms with Gasteiger partial charge in [0, 0.05) is 12.1 Å². The van der Waals surface area contributed by atoms with Gasteiger partial charge in [0.15, 0.2) is 0 Å². The molecule has 0 radical (unpaired) electrons. The van der Waals surface area contributed by atoms with Gasteiger partial charge in [-0.15, -0.1) is 0 Å². The Kier molecular flexibility index (Phi) is 5.54. The molecule has 0 aromatic heterocycles. The SMILES string of the molecule is CCN(CC)CCCNc1c(C(C)C)c(=O)c1=O. The van der Waals surface area contributed by atoms with Crippen molar-refractivity contribution in [2.75, 3.05) is 31.5 Å². The van der Waals surface area contributed by atoms with Crippen molar-refractivity contribution in [2.45, 2.75) is 40.0 Å². The first-order chi connectivity index (χ1) is 8.52. The van der Waals surface area contributed by atoms with E-state index >= 15 is 0 Å². The van der Waals surface area contributed by atoms with E-state index in [0.29, 0.717) is 11.3 Å². The van der Waals surface area contributed by atoms with Crippen LogP contribution in [0.5, 0.6) is 0 Å². The van der Waals surface area contributed by atoms with Crippen LogP contribution < -0.4 is 16.2 Å². The maximum absolute atomic E-state index is 11.4. The molecule has 0 aliphatic heterocycles. The summed E-state index contributed by atoms with van der Waals surface area (Å²) < 4.78 is 0. The maximum atomic E-state index is 11.4. The fraction of sp³-hybridized carbons (Fsp3) is 0.714. The first-order valence-electron chi connectivity index (χ1n) is 6.82. The zero-order chi connectivity index (χ0) is 13.7. The fourth-order valence-corrected chi connectivity index (χ4v) is 2.19. The molecule has 0 saturated heterocycles. The summed E-state index contributed by atoms with van der Waals surface area (Å²) in [5.41, 5.74) is 0.565. The Morgan fingerprint density at radius 3 is 2.22 bits per heavy atom. The summed E-state index contributed by atoms with van der Waals surface area (Å²) >= 11 is 0. The molecular formula is C14H24N2O2. The minimum Gasteiger partial charge on any atom is -0.381 e. The minimum absolute atomic E-state index is 0.125. The number of nitrogens with one attached hydrogen (secondary N) is 1. The molecule has 0 bridgehead atoms. The van der Waals surface area contributed by atoms with Gasteiger partial charge in [-0.05, 0) is 32.0 Å². The highest BCUT2D eigenvalue weighted by Crippen LogP contribution is 2.18. The number of nitrogens with zero attached hydrogens (tertiary/aromatic N) is 1. The maximum Gasteiger partial charge on any atom is 0.249 e. The molecule has 0 unspecified atom stereocenters. The van der Waals surface area contributed by atoms with Gasteiger partial charge in [0.05, 0.1) is 5.69 Å². The van der Waals surface area contributed by atoms with Crippen LogP contribution in [0.3, 0.4) is 0 Å². The van der Waals surface area contributed by atoms with Crippen LogP contribution in [0.2, 0.25) is 0 Å². The molecule has 102 valence electrons. The van der Waals surface area contributed by atoms with Crippen LogP contribution in [-0.4, -0.2) is 31.1 Å². The van der Waals surface area contributed by atoms with Crippen LogP contribution >= 0.6 is 0 Å². The van der Waals surface area contributed by atoms with Gasteiger partial charge in [-0.1, -0.05) is 27.7 Å². The Balaban J connectivity index is 2.43. The number of rotatable bonds is 8. The second kappa shape index (κ2) is 6.69. The van der Waals surface area contributed by atoms with Gasteiger partial charge >= 0.3 is 0 Å². The van der Waals surface area contributed by atoms with E-state index in [1.54, 1.807) is 0 Å². The van der Waals surface area contributed by atoms with E-state index in [0.717, 1.165) is 32.6 Å². The molecule has 4 nitrogen and oxygen atoms in total. The quantitative estimate of drug-likeness (QED) is 0.563. The largest absolute Gasteiger partial charge is 0.381 e. The van der Waals surface area contributed by atoms with Gasteiger partial charge in [0.25, 0.3) is 0 Å². The third kappa shape index (κ3) is 3.19. The first-order valence-corrected chi connectivity index (χ1v) is 6.82. The second-order valence-corrected chi connectivity index (χ2v) is 4.91. The molecule has 0 atom stereocenters. The smallest absolute Gasteiger partial charge is 0.249 e. The number of hydrogen-bond acceptors (Lipinski definition) is 4. The summed E-state index contributed by atoms with van der Waals surface area (Å²) in [6.07, 6.45) is 0.984. The fourth-order valence-electron chi connectivity index (χ4n) is 2.19. The molecular weight excluding hydrogens is 228 g/mol. The van der Waals surface area contributed by atoms with Crippen LogP contribution in [0.25, 0.3) is 0 Å². The average molecular weight is 252 g/mol. The van der Waals surface area contributed by atoms with Crippen LogP contribution in [-0.2, 0) is 0 Å². The van der Waals surface area contributed by atoms with Crippen LogP contribution in [0.1, 0.15) is 45.6 Å². The van der Waals surface area contributed by atoms with E-state index in [9.17, 15) is 9.59 Å². The molecule has 0 spiro atoms. The number of anilines is 1. The van der Waals surface area contributed by atoms with E-state index in [-0.39, 0.29) is 16.8 Å². The lowest BCUT2D eigenvalue weighted by atomic mass is 9.96. The topological polar surface area (TPSA) is 49.4 Å². The average Bonchev–Trinajstić information content (AvgIpc) is 2.36. The summed E-state index contributed by atoms with van der Waals surface area (Å²) in [5, 5.41) is 3.12. The third-order valence-corrected chi connectivity index (χ3v) is 3.37. The van der Waals surface area contributed by atoms with E-state index in [1.165, 1.54) is 0 Å². The Hall–Kier alpha value is -1.16. The summed E-state index contributed by atoms with van der Waals surface area (Å²) in [6.45, 7) is 12.0. The van der Waals surface area contributed by atoms with Crippen molar-refractivity contribution in [1.82, 2.24) is 4.90 Å². The van der Waals surface area contributed by atoms with Crippen molar-refractivity contribution in [3.8, 4) is 0 Å². The predicted molar refractivity (Wildman–Crippen MR) is 76.3 cm³/mol. The van der Waals surface area contributed by atoms with E-state index < -0.39 is 0 Å².